The highest BCUT2D eigenvalue weighted by atomic mass is 35.5. The third-order valence-corrected chi connectivity index (χ3v) is 4.70. The van der Waals surface area contributed by atoms with Crippen LogP contribution in [0.1, 0.15) is 12.0 Å². The van der Waals surface area contributed by atoms with Gasteiger partial charge in [-0.1, -0.05) is 48.0 Å². The molecule has 0 aliphatic rings. The molecule has 0 aliphatic heterocycles. The fourth-order valence-electron chi connectivity index (χ4n) is 2.75. The summed E-state index contributed by atoms with van der Waals surface area (Å²) >= 11 is 6.26. The van der Waals surface area contributed by atoms with Crippen LogP contribution in [-0.4, -0.2) is 42.1 Å². The fourth-order valence-corrected chi connectivity index (χ4v) is 2.93. The van der Waals surface area contributed by atoms with Gasteiger partial charge in [0.05, 0.1) is 0 Å². The van der Waals surface area contributed by atoms with E-state index >= 15 is 0 Å². The van der Waals surface area contributed by atoms with Gasteiger partial charge in [0.15, 0.2) is 5.82 Å². The van der Waals surface area contributed by atoms with E-state index in [1.807, 2.05) is 61.5 Å². The first kappa shape index (κ1) is 20.1. The van der Waals surface area contributed by atoms with Crippen LogP contribution in [0.5, 0.6) is 0 Å². The van der Waals surface area contributed by atoms with Gasteiger partial charge >= 0.3 is 0 Å². The highest BCUT2D eigenvalue weighted by Gasteiger charge is 2.08. The van der Waals surface area contributed by atoms with Crippen LogP contribution in [0.25, 0.3) is 11.4 Å². The molecule has 0 aliphatic carbocycles. The quantitative estimate of drug-likeness (QED) is 0.512. The lowest BCUT2D eigenvalue weighted by Gasteiger charge is -2.13. The van der Waals surface area contributed by atoms with E-state index in [0.717, 1.165) is 53.0 Å². The van der Waals surface area contributed by atoms with Crippen molar-refractivity contribution in [3.05, 3.63) is 65.2 Å². The smallest absolute Gasteiger partial charge is 0.163 e. The number of hydrogen-bond donors (Lipinski definition) is 2. The standard InChI is InChI=1S/C22H26ClN5/c1-16-10-11-18(14-19(16)23)25-21-15-20(24-12-7-13-28(2)3)26-22(27-21)17-8-5-4-6-9-17/h4-6,8-11,14-15H,7,12-13H2,1-3H3,(H2,24,25,26,27). The second-order valence-electron chi connectivity index (χ2n) is 7.00. The fraction of sp³-hybridized carbons (Fsp3) is 0.273. The van der Waals surface area contributed by atoms with Gasteiger partial charge in [0, 0.05) is 28.9 Å². The van der Waals surface area contributed by atoms with Gasteiger partial charge in [0.1, 0.15) is 11.6 Å². The molecule has 0 fully saturated rings. The number of benzene rings is 2. The van der Waals surface area contributed by atoms with Gasteiger partial charge in [-0.3, -0.25) is 0 Å². The van der Waals surface area contributed by atoms with Gasteiger partial charge in [0.25, 0.3) is 0 Å². The molecule has 0 amide bonds. The number of hydrogen-bond acceptors (Lipinski definition) is 5. The van der Waals surface area contributed by atoms with Gasteiger partial charge in [-0.05, 0) is 51.7 Å². The molecule has 6 heteroatoms. The average Bonchev–Trinajstić information content (AvgIpc) is 2.68. The van der Waals surface area contributed by atoms with Crippen molar-refractivity contribution in [3.63, 3.8) is 0 Å². The third-order valence-electron chi connectivity index (χ3n) is 4.29. The summed E-state index contributed by atoms with van der Waals surface area (Å²) in [5, 5.41) is 7.49. The SMILES string of the molecule is Cc1ccc(Nc2cc(NCCCN(C)C)nc(-c3ccccc3)n2)cc1Cl. The number of anilines is 3. The maximum atomic E-state index is 6.26. The first-order valence-corrected chi connectivity index (χ1v) is 9.75. The third kappa shape index (κ3) is 5.68. The van der Waals surface area contributed by atoms with Crippen molar-refractivity contribution in [2.24, 2.45) is 0 Å². The van der Waals surface area contributed by atoms with Gasteiger partial charge in [0.2, 0.25) is 0 Å². The monoisotopic (exact) mass is 395 g/mol. The molecule has 0 saturated carbocycles. The second kappa shape index (κ2) is 9.53. The number of rotatable bonds is 8. The van der Waals surface area contributed by atoms with Gasteiger partial charge in [-0.25, -0.2) is 9.97 Å². The van der Waals surface area contributed by atoms with E-state index in [1.54, 1.807) is 0 Å². The summed E-state index contributed by atoms with van der Waals surface area (Å²) in [6.45, 7) is 3.86. The zero-order valence-corrected chi connectivity index (χ0v) is 17.3. The molecule has 0 radical (unpaired) electrons. The van der Waals surface area contributed by atoms with Crippen molar-refractivity contribution >= 4 is 28.9 Å². The zero-order chi connectivity index (χ0) is 19.9. The van der Waals surface area contributed by atoms with Crippen molar-refractivity contribution in [2.75, 3.05) is 37.8 Å². The van der Waals surface area contributed by atoms with E-state index in [4.69, 9.17) is 21.6 Å². The predicted molar refractivity (Wildman–Crippen MR) is 119 cm³/mol. The van der Waals surface area contributed by atoms with Gasteiger partial charge in [-0.15, -0.1) is 0 Å². The Morgan fingerprint density at radius 2 is 1.71 bits per heavy atom. The van der Waals surface area contributed by atoms with Crippen LogP contribution in [-0.2, 0) is 0 Å². The highest BCUT2D eigenvalue weighted by molar-refractivity contribution is 6.31. The maximum absolute atomic E-state index is 6.26. The average molecular weight is 396 g/mol. The molecule has 5 nitrogen and oxygen atoms in total. The summed E-state index contributed by atoms with van der Waals surface area (Å²) in [5.74, 6) is 2.20. The van der Waals surface area contributed by atoms with Crippen molar-refractivity contribution in [3.8, 4) is 11.4 Å². The molecule has 2 aromatic carbocycles. The van der Waals surface area contributed by atoms with Crippen molar-refractivity contribution in [1.29, 1.82) is 0 Å². The van der Waals surface area contributed by atoms with Crippen LogP contribution in [0.2, 0.25) is 5.02 Å². The lowest BCUT2D eigenvalue weighted by Crippen LogP contribution is -2.16. The molecule has 146 valence electrons. The van der Waals surface area contributed by atoms with Crippen molar-refractivity contribution < 1.29 is 0 Å². The van der Waals surface area contributed by atoms with Gasteiger partial charge in [-0.2, -0.15) is 0 Å². The molecular weight excluding hydrogens is 370 g/mol. The van der Waals surface area contributed by atoms with E-state index in [-0.39, 0.29) is 0 Å². The predicted octanol–water partition coefficient (Wildman–Crippen LogP) is 5.21. The Balaban J connectivity index is 1.85. The van der Waals surface area contributed by atoms with Crippen molar-refractivity contribution in [2.45, 2.75) is 13.3 Å². The van der Waals surface area contributed by atoms with Crippen LogP contribution < -0.4 is 10.6 Å². The minimum atomic E-state index is 0.680. The molecule has 0 atom stereocenters. The molecule has 0 saturated heterocycles. The minimum Gasteiger partial charge on any atom is -0.370 e. The normalized spacial score (nSPS) is 10.9. The summed E-state index contributed by atoms with van der Waals surface area (Å²) in [7, 11) is 4.15. The molecule has 2 N–H and O–H groups in total. The van der Waals surface area contributed by atoms with Crippen LogP contribution in [0.4, 0.5) is 17.3 Å². The van der Waals surface area contributed by atoms with E-state index in [9.17, 15) is 0 Å². The largest absolute Gasteiger partial charge is 0.370 e. The number of nitrogens with zero attached hydrogens (tertiary/aromatic N) is 3. The minimum absolute atomic E-state index is 0.680. The molecule has 1 aromatic heterocycles. The number of aryl methyl sites for hydroxylation is 1. The van der Waals surface area contributed by atoms with Crippen LogP contribution in [0, 0.1) is 6.92 Å². The van der Waals surface area contributed by atoms with E-state index in [1.165, 1.54) is 0 Å². The van der Waals surface area contributed by atoms with E-state index in [2.05, 4.69) is 29.6 Å². The lowest BCUT2D eigenvalue weighted by atomic mass is 10.2. The number of aromatic nitrogens is 2. The molecule has 3 aromatic rings. The highest BCUT2D eigenvalue weighted by Crippen LogP contribution is 2.25. The summed E-state index contributed by atoms with van der Waals surface area (Å²) < 4.78 is 0. The van der Waals surface area contributed by atoms with E-state index < -0.39 is 0 Å². The molecule has 1 heterocycles. The first-order valence-electron chi connectivity index (χ1n) is 9.37. The summed E-state index contributed by atoms with van der Waals surface area (Å²) in [6, 6.07) is 17.8. The van der Waals surface area contributed by atoms with E-state index in [0.29, 0.717) is 5.82 Å². The topological polar surface area (TPSA) is 53.1 Å². The molecule has 0 spiro atoms. The lowest BCUT2D eigenvalue weighted by molar-refractivity contribution is 0.405. The number of halogens is 1. The molecule has 0 bridgehead atoms. The Morgan fingerprint density at radius 3 is 2.43 bits per heavy atom. The Hall–Kier alpha value is -2.63. The Labute approximate surface area is 171 Å². The zero-order valence-electron chi connectivity index (χ0n) is 16.5. The van der Waals surface area contributed by atoms with Crippen LogP contribution in [0.15, 0.2) is 54.6 Å². The Kier molecular flexibility index (Phi) is 6.85. The second-order valence-corrected chi connectivity index (χ2v) is 7.41. The van der Waals surface area contributed by atoms with Crippen molar-refractivity contribution in [1.82, 2.24) is 14.9 Å². The van der Waals surface area contributed by atoms with Crippen LogP contribution >= 0.6 is 11.6 Å². The summed E-state index contributed by atoms with van der Waals surface area (Å²) in [5.41, 5.74) is 2.92. The molecule has 28 heavy (non-hydrogen) atoms. The number of nitrogens with one attached hydrogen (secondary N) is 2. The molecular formula is C22H26ClN5. The maximum Gasteiger partial charge on any atom is 0.163 e. The molecule has 3 rings (SSSR count). The Morgan fingerprint density at radius 1 is 0.964 bits per heavy atom. The molecule has 0 unspecified atom stereocenters. The van der Waals surface area contributed by atoms with Gasteiger partial charge < -0.3 is 15.5 Å². The first-order chi connectivity index (χ1) is 13.5. The summed E-state index contributed by atoms with van der Waals surface area (Å²) in [4.78, 5) is 11.6. The summed E-state index contributed by atoms with van der Waals surface area (Å²) in [6.07, 6.45) is 1.04. The Bertz CT molecular complexity index is 912. The van der Waals surface area contributed by atoms with Crippen LogP contribution in [0.3, 0.4) is 0 Å².